The summed E-state index contributed by atoms with van der Waals surface area (Å²) in [6.45, 7) is 0.963. The van der Waals surface area contributed by atoms with Crippen LogP contribution in [0.15, 0.2) is 66.7 Å². The van der Waals surface area contributed by atoms with Crippen LogP contribution in [0.4, 0.5) is 5.82 Å². The van der Waals surface area contributed by atoms with Crippen LogP contribution in [-0.4, -0.2) is 26.4 Å². The minimum atomic E-state index is 0.715. The van der Waals surface area contributed by atoms with E-state index in [1.165, 1.54) is 6.42 Å². The van der Waals surface area contributed by atoms with Gasteiger partial charge in [-0.05, 0) is 47.4 Å². The van der Waals surface area contributed by atoms with Crippen LogP contribution in [0.5, 0.6) is 0 Å². The zero-order chi connectivity index (χ0) is 17.8. The van der Waals surface area contributed by atoms with Gasteiger partial charge in [0.05, 0.1) is 0 Å². The second-order valence-electron chi connectivity index (χ2n) is 7.52. The van der Waals surface area contributed by atoms with Gasteiger partial charge in [0.15, 0.2) is 11.5 Å². The third-order valence-electron chi connectivity index (χ3n) is 6.02. The van der Waals surface area contributed by atoms with Crippen LogP contribution < -0.4 is 5.32 Å². The maximum atomic E-state index is 4.73. The summed E-state index contributed by atoms with van der Waals surface area (Å²) >= 11 is 0. The van der Waals surface area contributed by atoms with Crippen LogP contribution in [0.2, 0.25) is 0 Å². The van der Waals surface area contributed by atoms with Crippen molar-refractivity contribution in [1.29, 1.82) is 0 Å². The minimum absolute atomic E-state index is 0.715. The second-order valence-corrected chi connectivity index (χ2v) is 7.52. The lowest BCUT2D eigenvalue weighted by Gasteiger charge is -2.09. The molecule has 3 unspecified atom stereocenters. The van der Waals surface area contributed by atoms with E-state index >= 15 is 0 Å². The number of benzene rings is 2. The summed E-state index contributed by atoms with van der Waals surface area (Å²) in [7, 11) is 0. The van der Waals surface area contributed by atoms with Crippen molar-refractivity contribution >= 4 is 11.5 Å². The molecule has 0 amide bonds. The zero-order valence-corrected chi connectivity index (χ0v) is 14.8. The Balaban J connectivity index is 1.23. The maximum absolute atomic E-state index is 4.73. The fraction of sp³-hybridized carbons (Fsp3) is 0.227. The Bertz CT molecular complexity index is 1130. The molecule has 2 aromatic carbocycles. The fourth-order valence-electron chi connectivity index (χ4n) is 4.63. The predicted molar refractivity (Wildman–Crippen MR) is 105 cm³/mol. The number of nitrogens with zero attached hydrogens (tertiary/aromatic N) is 4. The number of rotatable bonds is 4. The van der Waals surface area contributed by atoms with E-state index in [-0.39, 0.29) is 0 Å². The molecule has 27 heavy (non-hydrogen) atoms. The summed E-state index contributed by atoms with van der Waals surface area (Å²) in [6, 6.07) is 22.9. The molecular formula is C22H19N5. The van der Waals surface area contributed by atoms with E-state index in [0.717, 1.165) is 41.2 Å². The number of hydrogen-bond acceptors (Lipinski definition) is 4. The highest BCUT2D eigenvalue weighted by Crippen LogP contribution is 2.61. The Morgan fingerprint density at radius 3 is 2.70 bits per heavy atom. The molecule has 2 aliphatic carbocycles. The van der Waals surface area contributed by atoms with Gasteiger partial charge in [-0.3, -0.25) is 0 Å². The summed E-state index contributed by atoms with van der Waals surface area (Å²) in [5.41, 5.74) is 4.88. The average molecular weight is 353 g/mol. The Labute approximate surface area is 157 Å². The van der Waals surface area contributed by atoms with E-state index in [4.69, 9.17) is 5.10 Å². The Hall–Kier alpha value is -3.21. The molecule has 2 aliphatic rings. The largest absolute Gasteiger partial charge is 0.368 e. The van der Waals surface area contributed by atoms with E-state index < -0.39 is 0 Å². The lowest BCUT2D eigenvalue weighted by molar-refractivity contribution is 0.716. The van der Waals surface area contributed by atoms with E-state index in [9.17, 15) is 0 Å². The second kappa shape index (κ2) is 5.64. The summed E-state index contributed by atoms with van der Waals surface area (Å²) in [4.78, 5) is 0. The summed E-state index contributed by atoms with van der Waals surface area (Å²) in [6.07, 6.45) is 1.23. The highest BCUT2D eigenvalue weighted by atomic mass is 15.4. The quantitative estimate of drug-likeness (QED) is 0.606. The zero-order valence-electron chi connectivity index (χ0n) is 14.8. The molecule has 132 valence electrons. The van der Waals surface area contributed by atoms with Crippen LogP contribution >= 0.6 is 0 Å². The summed E-state index contributed by atoms with van der Waals surface area (Å²) < 4.78 is 1.82. The predicted octanol–water partition coefficient (Wildman–Crippen LogP) is 3.79. The minimum Gasteiger partial charge on any atom is -0.368 e. The van der Waals surface area contributed by atoms with Crippen LogP contribution in [0.1, 0.15) is 17.0 Å². The first kappa shape index (κ1) is 14.9. The van der Waals surface area contributed by atoms with Gasteiger partial charge in [0, 0.05) is 12.1 Å². The van der Waals surface area contributed by atoms with Crippen LogP contribution in [-0.2, 0) is 6.42 Å². The van der Waals surface area contributed by atoms with Crippen LogP contribution in [0, 0.1) is 11.8 Å². The van der Waals surface area contributed by atoms with Crippen molar-refractivity contribution in [1.82, 2.24) is 19.8 Å². The SMILES string of the molecule is c1ccc(-c2nnc3ccc(NCC4C5Cc6ccccc6C45)nn23)cc1. The van der Waals surface area contributed by atoms with E-state index in [0.29, 0.717) is 5.92 Å². The van der Waals surface area contributed by atoms with Crippen molar-refractivity contribution < 1.29 is 0 Å². The Kier molecular flexibility index (Phi) is 3.12. The molecule has 6 rings (SSSR count). The maximum Gasteiger partial charge on any atom is 0.185 e. The fourth-order valence-corrected chi connectivity index (χ4v) is 4.63. The highest BCUT2D eigenvalue weighted by Gasteiger charge is 2.54. The van der Waals surface area contributed by atoms with Gasteiger partial charge in [-0.1, -0.05) is 54.6 Å². The van der Waals surface area contributed by atoms with Crippen molar-refractivity contribution in [2.24, 2.45) is 11.8 Å². The number of aromatic nitrogens is 4. The van der Waals surface area contributed by atoms with Gasteiger partial charge in [0.2, 0.25) is 0 Å². The molecule has 3 atom stereocenters. The number of nitrogens with one attached hydrogen (secondary N) is 1. The highest BCUT2D eigenvalue weighted by molar-refractivity contribution is 5.59. The van der Waals surface area contributed by atoms with E-state index in [1.807, 2.05) is 47.0 Å². The first-order valence-electron chi connectivity index (χ1n) is 9.48. The van der Waals surface area contributed by atoms with Crippen molar-refractivity contribution in [2.75, 3.05) is 11.9 Å². The molecule has 2 aromatic heterocycles. The van der Waals surface area contributed by atoms with Gasteiger partial charge in [0.25, 0.3) is 0 Å². The van der Waals surface area contributed by atoms with Crippen molar-refractivity contribution in [2.45, 2.75) is 12.3 Å². The number of hydrogen-bond donors (Lipinski definition) is 1. The third kappa shape index (κ3) is 2.35. The molecule has 0 saturated heterocycles. The lowest BCUT2D eigenvalue weighted by atomic mass is 10.0. The molecule has 5 nitrogen and oxygen atoms in total. The topological polar surface area (TPSA) is 55.1 Å². The monoisotopic (exact) mass is 353 g/mol. The molecular weight excluding hydrogens is 334 g/mol. The smallest absolute Gasteiger partial charge is 0.185 e. The van der Waals surface area contributed by atoms with Crippen LogP contribution in [0.3, 0.4) is 0 Å². The first-order chi connectivity index (χ1) is 13.4. The van der Waals surface area contributed by atoms with Crippen molar-refractivity contribution in [3.8, 4) is 11.4 Å². The number of fused-ring (bicyclic) bond motifs is 4. The van der Waals surface area contributed by atoms with Crippen molar-refractivity contribution in [3.05, 3.63) is 77.9 Å². The van der Waals surface area contributed by atoms with Crippen LogP contribution in [0.25, 0.3) is 17.0 Å². The summed E-state index contributed by atoms with van der Waals surface area (Å²) in [5, 5.41) is 16.8. The summed E-state index contributed by atoms with van der Waals surface area (Å²) in [5.74, 6) is 3.89. The van der Waals surface area contributed by atoms with Gasteiger partial charge in [0.1, 0.15) is 5.82 Å². The molecule has 0 radical (unpaired) electrons. The van der Waals surface area contributed by atoms with Gasteiger partial charge in [-0.15, -0.1) is 15.3 Å². The van der Waals surface area contributed by atoms with Gasteiger partial charge >= 0.3 is 0 Å². The van der Waals surface area contributed by atoms with Crippen molar-refractivity contribution in [3.63, 3.8) is 0 Å². The van der Waals surface area contributed by atoms with E-state index in [2.05, 4.69) is 39.8 Å². The molecule has 1 N–H and O–H groups in total. The third-order valence-corrected chi connectivity index (χ3v) is 6.02. The average Bonchev–Trinajstić information content (AvgIpc) is 3.06. The normalized spacial score (nSPS) is 22.4. The molecule has 5 heteroatoms. The van der Waals surface area contributed by atoms with Gasteiger partial charge in [-0.25, -0.2) is 0 Å². The van der Waals surface area contributed by atoms with E-state index in [1.54, 1.807) is 11.1 Å². The lowest BCUT2D eigenvalue weighted by Crippen LogP contribution is -2.10. The Morgan fingerprint density at radius 2 is 1.78 bits per heavy atom. The molecule has 4 aromatic rings. The van der Waals surface area contributed by atoms with Gasteiger partial charge in [-0.2, -0.15) is 4.52 Å². The number of anilines is 1. The van der Waals surface area contributed by atoms with Gasteiger partial charge < -0.3 is 5.32 Å². The standard InChI is InChI=1S/C22H19N5/c1-2-6-14(7-3-1)22-25-24-20-11-10-19(26-27(20)22)23-13-18-17-12-15-8-4-5-9-16(15)21(17)18/h1-11,17-18,21H,12-13H2,(H,23,26). The molecule has 0 aliphatic heterocycles. The molecule has 0 bridgehead atoms. The molecule has 1 saturated carbocycles. The first-order valence-corrected chi connectivity index (χ1v) is 9.48. The molecule has 2 heterocycles. The molecule has 1 fully saturated rings. The molecule has 0 spiro atoms. The Morgan fingerprint density at radius 1 is 0.926 bits per heavy atom.